The first-order chi connectivity index (χ1) is 7.42. The Kier molecular flexibility index (Phi) is 3.54. The zero-order chi connectivity index (χ0) is 12.3. The van der Waals surface area contributed by atoms with Crippen LogP contribution >= 0.6 is 0 Å². The molecular weight excluding hydrogens is 198 g/mol. The van der Waals surface area contributed by atoms with E-state index < -0.39 is 0 Å². The van der Waals surface area contributed by atoms with Crippen molar-refractivity contribution >= 4 is 5.82 Å². The fourth-order valence-corrected chi connectivity index (χ4v) is 1.41. The Bertz CT molecular complexity index is 416. The van der Waals surface area contributed by atoms with Gasteiger partial charge in [0.25, 0.3) is 0 Å². The van der Waals surface area contributed by atoms with Gasteiger partial charge < -0.3 is 4.90 Å². The number of pyridine rings is 1. The largest absolute Gasteiger partial charge is 0.353 e. The molecule has 0 N–H and O–H groups in total. The molecule has 0 saturated carbocycles. The lowest BCUT2D eigenvalue weighted by Crippen LogP contribution is -2.41. The lowest BCUT2D eigenvalue weighted by molar-refractivity contribution is 0.467. The second kappa shape index (κ2) is 4.52. The van der Waals surface area contributed by atoms with Crippen LogP contribution in [-0.2, 0) is 0 Å². The van der Waals surface area contributed by atoms with Gasteiger partial charge in [-0.3, -0.25) is 0 Å². The van der Waals surface area contributed by atoms with Gasteiger partial charge in [0.2, 0.25) is 0 Å². The summed E-state index contributed by atoms with van der Waals surface area (Å²) in [6.07, 6.45) is 1.00. The molecule has 0 fully saturated rings. The molecule has 0 spiro atoms. The average Bonchev–Trinajstić information content (AvgIpc) is 2.28. The van der Waals surface area contributed by atoms with Gasteiger partial charge in [0.15, 0.2) is 0 Å². The number of aryl methyl sites for hydroxylation is 1. The third-order valence-corrected chi connectivity index (χ3v) is 3.23. The first-order valence-corrected chi connectivity index (χ1v) is 5.54. The summed E-state index contributed by atoms with van der Waals surface area (Å²) in [6, 6.07) is 5.90. The maximum atomic E-state index is 9.08. The first-order valence-electron chi connectivity index (χ1n) is 5.54. The van der Waals surface area contributed by atoms with E-state index in [4.69, 9.17) is 5.26 Å². The third-order valence-electron chi connectivity index (χ3n) is 3.23. The van der Waals surface area contributed by atoms with Crippen molar-refractivity contribution in [1.29, 1.82) is 5.26 Å². The molecule has 1 aromatic heterocycles. The zero-order valence-corrected chi connectivity index (χ0v) is 10.7. The molecule has 0 radical (unpaired) electrons. The third kappa shape index (κ3) is 2.33. The Morgan fingerprint density at radius 3 is 2.56 bits per heavy atom. The highest BCUT2D eigenvalue weighted by Gasteiger charge is 2.24. The van der Waals surface area contributed by atoms with E-state index in [1.807, 2.05) is 26.1 Å². The summed E-state index contributed by atoms with van der Waals surface area (Å²) >= 11 is 0. The maximum Gasteiger partial charge on any atom is 0.146 e. The topological polar surface area (TPSA) is 39.9 Å². The fourth-order valence-electron chi connectivity index (χ4n) is 1.41. The van der Waals surface area contributed by atoms with E-state index in [-0.39, 0.29) is 5.54 Å². The van der Waals surface area contributed by atoms with Crippen LogP contribution in [-0.4, -0.2) is 17.6 Å². The Morgan fingerprint density at radius 2 is 2.06 bits per heavy atom. The molecule has 0 aliphatic rings. The quantitative estimate of drug-likeness (QED) is 0.781. The summed E-state index contributed by atoms with van der Waals surface area (Å²) in [7, 11) is 1.99. The van der Waals surface area contributed by atoms with Crippen LogP contribution in [0.3, 0.4) is 0 Å². The SMILES string of the molecule is CCC(C)(C)N(C)c1nc(C)ccc1C#N. The fraction of sp³-hybridized carbons (Fsp3) is 0.538. The molecule has 3 nitrogen and oxygen atoms in total. The van der Waals surface area contributed by atoms with E-state index in [0.717, 1.165) is 17.9 Å². The highest BCUT2D eigenvalue weighted by molar-refractivity contribution is 5.55. The molecule has 1 rings (SSSR count). The van der Waals surface area contributed by atoms with Crippen LogP contribution in [0.25, 0.3) is 0 Å². The van der Waals surface area contributed by atoms with Crippen LogP contribution in [0.15, 0.2) is 12.1 Å². The molecule has 0 unspecified atom stereocenters. The molecule has 0 aromatic carbocycles. The van der Waals surface area contributed by atoms with Crippen molar-refractivity contribution in [2.45, 2.75) is 39.7 Å². The van der Waals surface area contributed by atoms with Gasteiger partial charge in [0.1, 0.15) is 11.9 Å². The molecule has 0 aliphatic carbocycles. The number of anilines is 1. The van der Waals surface area contributed by atoms with Gasteiger partial charge in [-0.05, 0) is 39.3 Å². The van der Waals surface area contributed by atoms with Crippen LogP contribution in [0.4, 0.5) is 5.82 Å². The van der Waals surface area contributed by atoms with Crippen LogP contribution in [0.2, 0.25) is 0 Å². The van der Waals surface area contributed by atoms with Crippen LogP contribution < -0.4 is 4.90 Å². The summed E-state index contributed by atoms with van der Waals surface area (Å²) in [5.41, 5.74) is 1.58. The predicted molar refractivity (Wildman–Crippen MR) is 66.5 cm³/mol. The minimum Gasteiger partial charge on any atom is -0.353 e. The summed E-state index contributed by atoms with van der Waals surface area (Å²) in [6.45, 7) is 8.38. The number of rotatable bonds is 3. The second-order valence-corrected chi connectivity index (χ2v) is 4.66. The molecule has 16 heavy (non-hydrogen) atoms. The molecule has 1 heterocycles. The van der Waals surface area contributed by atoms with Crippen molar-refractivity contribution in [3.63, 3.8) is 0 Å². The molecule has 86 valence electrons. The Morgan fingerprint density at radius 1 is 1.44 bits per heavy atom. The molecule has 0 atom stereocenters. The summed E-state index contributed by atoms with van der Waals surface area (Å²) in [5.74, 6) is 0.773. The minimum atomic E-state index is 0.00634. The van der Waals surface area contributed by atoms with Crippen molar-refractivity contribution < 1.29 is 0 Å². The number of aromatic nitrogens is 1. The van der Waals surface area contributed by atoms with Gasteiger partial charge >= 0.3 is 0 Å². The Hall–Kier alpha value is -1.56. The highest BCUT2D eigenvalue weighted by Crippen LogP contribution is 2.26. The Balaban J connectivity index is 3.22. The lowest BCUT2D eigenvalue weighted by atomic mass is 9.99. The van der Waals surface area contributed by atoms with Crippen LogP contribution in [0.5, 0.6) is 0 Å². The van der Waals surface area contributed by atoms with E-state index in [1.54, 1.807) is 0 Å². The van der Waals surface area contributed by atoms with Gasteiger partial charge in [-0.15, -0.1) is 0 Å². The molecular formula is C13H19N3. The molecule has 0 amide bonds. The summed E-state index contributed by atoms with van der Waals surface area (Å²) in [5, 5.41) is 9.08. The van der Waals surface area contributed by atoms with Crippen molar-refractivity contribution in [3.8, 4) is 6.07 Å². The van der Waals surface area contributed by atoms with Crippen molar-refractivity contribution in [2.75, 3.05) is 11.9 Å². The molecule has 0 bridgehead atoms. The van der Waals surface area contributed by atoms with E-state index in [1.165, 1.54) is 0 Å². The summed E-state index contributed by atoms with van der Waals surface area (Å²) < 4.78 is 0. The number of nitrogens with zero attached hydrogens (tertiary/aromatic N) is 3. The molecule has 0 saturated heterocycles. The second-order valence-electron chi connectivity index (χ2n) is 4.66. The normalized spacial score (nSPS) is 11.0. The van der Waals surface area contributed by atoms with Crippen molar-refractivity contribution in [1.82, 2.24) is 4.98 Å². The van der Waals surface area contributed by atoms with Crippen LogP contribution in [0.1, 0.15) is 38.4 Å². The van der Waals surface area contributed by atoms with Crippen molar-refractivity contribution in [3.05, 3.63) is 23.4 Å². The molecule has 1 aromatic rings. The van der Waals surface area contributed by atoms with E-state index in [2.05, 4.69) is 36.7 Å². The van der Waals surface area contributed by atoms with Gasteiger partial charge in [0, 0.05) is 18.3 Å². The molecule has 0 aliphatic heterocycles. The zero-order valence-electron chi connectivity index (χ0n) is 10.7. The average molecular weight is 217 g/mol. The first kappa shape index (κ1) is 12.5. The van der Waals surface area contributed by atoms with E-state index >= 15 is 0 Å². The smallest absolute Gasteiger partial charge is 0.146 e. The van der Waals surface area contributed by atoms with Gasteiger partial charge in [-0.2, -0.15) is 5.26 Å². The van der Waals surface area contributed by atoms with Crippen molar-refractivity contribution in [2.24, 2.45) is 0 Å². The van der Waals surface area contributed by atoms with Gasteiger partial charge in [-0.25, -0.2) is 4.98 Å². The monoisotopic (exact) mass is 217 g/mol. The lowest BCUT2D eigenvalue weighted by Gasteiger charge is -2.36. The minimum absolute atomic E-state index is 0.00634. The predicted octanol–water partition coefficient (Wildman–Crippen LogP) is 2.89. The van der Waals surface area contributed by atoms with E-state index in [9.17, 15) is 0 Å². The number of hydrogen-bond donors (Lipinski definition) is 0. The molecule has 3 heteroatoms. The standard InChI is InChI=1S/C13H19N3/c1-6-13(3,4)16(5)12-11(9-14)8-7-10(2)15-12/h7-8H,6H2,1-5H3. The number of hydrogen-bond acceptors (Lipinski definition) is 3. The summed E-state index contributed by atoms with van der Waals surface area (Å²) in [4.78, 5) is 6.54. The van der Waals surface area contributed by atoms with Gasteiger partial charge in [0.05, 0.1) is 5.56 Å². The van der Waals surface area contributed by atoms with Gasteiger partial charge in [-0.1, -0.05) is 6.92 Å². The van der Waals surface area contributed by atoms with E-state index in [0.29, 0.717) is 5.56 Å². The maximum absolute atomic E-state index is 9.08. The number of nitriles is 1. The van der Waals surface area contributed by atoms with Crippen LogP contribution in [0, 0.1) is 18.3 Å². The highest BCUT2D eigenvalue weighted by atomic mass is 15.2. The Labute approximate surface area is 97.7 Å².